The summed E-state index contributed by atoms with van der Waals surface area (Å²) >= 11 is 6.09. The lowest BCUT2D eigenvalue weighted by Crippen LogP contribution is -2.37. The quantitative estimate of drug-likeness (QED) is 0.776. The molecule has 1 fully saturated rings. The van der Waals surface area contributed by atoms with Crippen molar-refractivity contribution in [1.82, 2.24) is 14.9 Å². The van der Waals surface area contributed by atoms with Gasteiger partial charge in [-0.1, -0.05) is 11.6 Å². The summed E-state index contributed by atoms with van der Waals surface area (Å²) < 4.78 is 1.32. The molecule has 7 nitrogen and oxygen atoms in total. The van der Waals surface area contributed by atoms with E-state index in [2.05, 4.69) is 15.6 Å². The molecule has 0 atom stereocenters. The van der Waals surface area contributed by atoms with Gasteiger partial charge in [0.05, 0.1) is 11.4 Å². The summed E-state index contributed by atoms with van der Waals surface area (Å²) in [5, 5.41) is 6.12. The highest BCUT2D eigenvalue weighted by Crippen LogP contribution is 2.33. The first-order chi connectivity index (χ1) is 13.2. The summed E-state index contributed by atoms with van der Waals surface area (Å²) in [6.45, 7) is 5.29. The van der Waals surface area contributed by atoms with Gasteiger partial charge in [-0.25, -0.2) is 4.98 Å². The number of aryl methyl sites for hydroxylation is 1. The fraction of sp³-hybridized carbons (Fsp3) is 0.400. The number of carbonyl (C=O) groups is 2. The molecule has 3 rings (SSSR count). The van der Waals surface area contributed by atoms with Gasteiger partial charge < -0.3 is 10.6 Å². The molecular formula is C20H23ClN4O3. The van der Waals surface area contributed by atoms with Crippen LogP contribution >= 0.6 is 11.6 Å². The zero-order valence-corrected chi connectivity index (χ0v) is 16.8. The number of amides is 2. The van der Waals surface area contributed by atoms with Gasteiger partial charge in [-0.2, -0.15) is 0 Å². The molecule has 148 valence electrons. The Labute approximate surface area is 168 Å². The third kappa shape index (κ3) is 4.78. The largest absolute Gasteiger partial charge is 0.352 e. The van der Waals surface area contributed by atoms with Crippen molar-refractivity contribution in [2.45, 2.75) is 46.2 Å². The molecule has 1 heterocycles. The Bertz CT molecular complexity index is 980. The second-order valence-electron chi connectivity index (χ2n) is 7.29. The van der Waals surface area contributed by atoms with Crippen LogP contribution in [0.1, 0.15) is 32.5 Å². The first-order valence-corrected chi connectivity index (χ1v) is 9.61. The zero-order chi connectivity index (χ0) is 20.4. The lowest BCUT2D eigenvalue weighted by molar-refractivity contribution is -0.122. The van der Waals surface area contributed by atoms with Crippen molar-refractivity contribution in [3.05, 3.63) is 45.5 Å². The standard InChI is InChI=1S/C20H23ClN4O3/c1-11(2)22-18(26)10-25-12(3)23-17(9-19(25)27)15-7-6-14(21)8-16(15)24-20(28)13-4-5-13/h6-9,11,13H,4-5,10H2,1-3H3,(H,22,26)(H,24,28). The third-order valence-electron chi connectivity index (χ3n) is 4.41. The number of halogens is 1. The second-order valence-corrected chi connectivity index (χ2v) is 7.73. The van der Waals surface area contributed by atoms with E-state index in [1.165, 1.54) is 10.6 Å². The molecule has 0 unspecified atom stereocenters. The van der Waals surface area contributed by atoms with Crippen LogP contribution in [0.15, 0.2) is 29.1 Å². The van der Waals surface area contributed by atoms with Crippen LogP contribution in [0.25, 0.3) is 11.3 Å². The lowest BCUT2D eigenvalue weighted by atomic mass is 10.1. The van der Waals surface area contributed by atoms with Crippen LogP contribution in [-0.4, -0.2) is 27.4 Å². The van der Waals surface area contributed by atoms with Gasteiger partial charge in [-0.3, -0.25) is 19.0 Å². The summed E-state index contributed by atoms with van der Waals surface area (Å²) in [6, 6.07) is 6.41. The first kappa shape index (κ1) is 20.1. The van der Waals surface area contributed by atoms with E-state index in [1.807, 2.05) is 13.8 Å². The summed E-state index contributed by atoms with van der Waals surface area (Å²) in [7, 11) is 0. The minimum Gasteiger partial charge on any atom is -0.352 e. The zero-order valence-electron chi connectivity index (χ0n) is 16.1. The molecule has 1 aromatic heterocycles. The SMILES string of the molecule is Cc1nc(-c2ccc(Cl)cc2NC(=O)C2CC2)cc(=O)n1CC(=O)NC(C)C. The molecule has 2 aromatic rings. The number of hydrogen-bond donors (Lipinski definition) is 2. The maximum Gasteiger partial charge on any atom is 0.254 e. The van der Waals surface area contributed by atoms with E-state index in [1.54, 1.807) is 25.1 Å². The van der Waals surface area contributed by atoms with Crippen LogP contribution in [0.3, 0.4) is 0 Å². The van der Waals surface area contributed by atoms with Gasteiger partial charge in [-0.05, 0) is 51.8 Å². The van der Waals surface area contributed by atoms with Crippen LogP contribution in [0, 0.1) is 12.8 Å². The number of rotatable bonds is 6. The van der Waals surface area contributed by atoms with E-state index in [4.69, 9.17) is 11.6 Å². The molecule has 0 aliphatic heterocycles. The number of anilines is 1. The Morgan fingerprint density at radius 2 is 2.00 bits per heavy atom. The van der Waals surface area contributed by atoms with Crippen molar-refractivity contribution in [3.63, 3.8) is 0 Å². The van der Waals surface area contributed by atoms with E-state index in [0.717, 1.165) is 12.8 Å². The van der Waals surface area contributed by atoms with Crippen LogP contribution in [0.4, 0.5) is 5.69 Å². The molecule has 0 saturated heterocycles. The normalized spacial score (nSPS) is 13.5. The monoisotopic (exact) mass is 402 g/mol. The van der Waals surface area contributed by atoms with Gasteiger partial charge in [-0.15, -0.1) is 0 Å². The fourth-order valence-corrected chi connectivity index (χ4v) is 3.06. The van der Waals surface area contributed by atoms with Gasteiger partial charge in [0, 0.05) is 28.6 Å². The van der Waals surface area contributed by atoms with E-state index in [9.17, 15) is 14.4 Å². The number of aromatic nitrogens is 2. The Morgan fingerprint density at radius 1 is 1.29 bits per heavy atom. The van der Waals surface area contributed by atoms with Gasteiger partial charge in [0.2, 0.25) is 11.8 Å². The Balaban J connectivity index is 1.93. The molecule has 1 aliphatic rings. The van der Waals surface area contributed by atoms with Gasteiger partial charge in [0.15, 0.2) is 0 Å². The summed E-state index contributed by atoms with van der Waals surface area (Å²) in [6.07, 6.45) is 1.77. The van der Waals surface area contributed by atoms with Crippen molar-refractivity contribution in [1.29, 1.82) is 0 Å². The van der Waals surface area contributed by atoms with E-state index < -0.39 is 0 Å². The van der Waals surface area contributed by atoms with Crippen LogP contribution < -0.4 is 16.2 Å². The van der Waals surface area contributed by atoms with Gasteiger partial charge in [0.25, 0.3) is 5.56 Å². The Morgan fingerprint density at radius 3 is 2.61 bits per heavy atom. The number of carbonyl (C=O) groups excluding carboxylic acids is 2. The summed E-state index contributed by atoms with van der Waals surface area (Å²) in [4.78, 5) is 41.3. The van der Waals surface area contributed by atoms with Gasteiger partial charge in [0.1, 0.15) is 12.4 Å². The smallest absolute Gasteiger partial charge is 0.254 e. The maximum absolute atomic E-state index is 12.6. The molecule has 8 heteroatoms. The molecule has 1 aromatic carbocycles. The van der Waals surface area contributed by atoms with Gasteiger partial charge >= 0.3 is 0 Å². The molecular weight excluding hydrogens is 380 g/mol. The minimum absolute atomic E-state index is 0.0116. The van der Waals surface area contributed by atoms with Crippen molar-refractivity contribution in [2.75, 3.05) is 5.32 Å². The molecule has 2 N–H and O–H groups in total. The van der Waals surface area contributed by atoms with Crippen molar-refractivity contribution in [3.8, 4) is 11.3 Å². The number of hydrogen-bond acceptors (Lipinski definition) is 4. The van der Waals surface area contributed by atoms with E-state index in [0.29, 0.717) is 27.8 Å². The minimum atomic E-state index is -0.337. The highest BCUT2D eigenvalue weighted by atomic mass is 35.5. The molecule has 1 aliphatic carbocycles. The number of nitrogens with zero attached hydrogens (tertiary/aromatic N) is 2. The summed E-state index contributed by atoms with van der Waals surface area (Å²) in [5.41, 5.74) is 1.21. The highest BCUT2D eigenvalue weighted by molar-refractivity contribution is 6.31. The predicted molar refractivity (Wildman–Crippen MR) is 108 cm³/mol. The van der Waals surface area contributed by atoms with Crippen molar-refractivity contribution in [2.24, 2.45) is 5.92 Å². The molecule has 1 saturated carbocycles. The molecule has 0 radical (unpaired) electrons. The second kappa shape index (κ2) is 8.14. The van der Waals surface area contributed by atoms with Crippen molar-refractivity contribution >= 4 is 29.1 Å². The maximum atomic E-state index is 12.6. The first-order valence-electron chi connectivity index (χ1n) is 9.23. The molecule has 0 spiro atoms. The predicted octanol–water partition coefficient (Wildman–Crippen LogP) is 2.75. The highest BCUT2D eigenvalue weighted by Gasteiger charge is 2.30. The number of benzene rings is 1. The van der Waals surface area contributed by atoms with Crippen molar-refractivity contribution < 1.29 is 9.59 Å². The van der Waals surface area contributed by atoms with Crippen LogP contribution in [0.5, 0.6) is 0 Å². The molecule has 2 amide bonds. The Hall–Kier alpha value is -2.67. The van der Waals surface area contributed by atoms with Crippen LogP contribution in [-0.2, 0) is 16.1 Å². The van der Waals surface area contributed by atoms with Crippen LogP contribution in [0.2, 0.25) is 5.02 Å². The average molecular weight is 403 g/mol. The fourth-order valence-electron chi connectivity index (χ4n) is 2.89. The lowest BCUT2D eigenvalue weighted by Gasteiger charge is -2.15. The average Bonchev–Trinajstić information content (AvgIpc) is 3.42. The molecule has 0 bridgehead atoms. The number of nitrogens with one attached hydrogen (secondary N) is 2. The van der Waals surface area contributed by atoms with E-state index >= 15 is 0 Å². The third-order valence-corrected chi connectivity index (χ3v) is 4.65. The summed E-state index contributed by atoms with van der Waals surface area (Å²) in [5.74, 6) is 0.141. The topological polar surface area (TPSA) is 93.1 Å². The molecule has 28 heavy (non-hydrogen) atoms. The van der Waals surface area contributed by atoms with E-state index in [-0.39, 0.29) is 35.9 Å². The Kier molecular flexibility index (Phi) is 5.84.